The van der Waals surface area contributed by atoms with Gasteiger partial charge in [0.2, 0.25) is 0 Å². The lowest BCUT2D eigenvalue weighted by Gasteiger charge is -2.27. The van der Waals surface area contributed by atoms with Crippen LogP contribution in [0.2, 0.25) is 0 Å². The van der Waals surface area contributed by atoms with Crippen molar-refractivity contribution >= 4 is 17.7 Å². The first-order valence-electron chi connectivity index (χ1n) is 9.55. The zero-order valence-electron chi connectivity index (χ0n) is 16.0. The Bertz CT molecular complexity index is 1010. The summed E-state index contributed by atoms with van der Waals surface area (Å²) in [7, 11) is 1.37. The van der Waals surface area contributed by atoms with Crippen LogP contribution in [0, 0.1) is 5.82 Å². The molecule has 1 aliphatic heterocycles. The zero-order chi connectivity index (χ0) is 20.6. The number of rotatable bonds is 4. The number of halogens is 1. The normalized spacial score (nSPS) is 21.0. The van der Waals surface area contributed by atoms with E-state index in [2.05, 4.69) is 5.32 Å². The molecular formula is C22H21FN2O4. The van der Waals surface area contributed by atoms with Crippen LogP contribution in [-0.2, 0) is 16.8 Å². The highest BCUT2D eigenvalue weighted by atomic mass is 19.1. The molecule has 6 nitrogen and oxygen atoms in total. The van der Waals surface area contributed by atoms with E-state index in [1.54, 1.807) is 0 Å². The largest absolute Gasteiger partial charge is 0.496 e. The van der Waals surface area contributed by atoms with E-state index in [-0.39, 0.29) is 11.3 Å². The lowest BCUT2D eigenvalue weighted by Crippen LogP contribution is -2.44. The van der Waals surface area contributed by atoms with Crippen molar-refractivity contribution < 1.29 is 23.5 Å². The Kier molecular flexibility index (Phi) is 4.82. The first-order chi connectivity index (χ1) is 14.0. The van der Waals surface area contributed by atoms with Crippen molar-refractivity contribution in [3.8, 4) is 5.75 Å². The number of nitrogens with zero attached hydrogens (tertiary/aromatic N) is 1. The number of Topliss-reactive ketones (excluding diaryl/α,β-unsaturated/α-hetero) is 1. The summed E-state index contributed by atoms with van der Waals surface area (Å²) in [5.41, 5.74) is 0.652. The van der Waals surface area contributed by atoms with Crippen LogP contribution in [0.5, 0.6) is 5.75 Å². The maximum absolute atomic E-state index is 13.6. The van der Waals surface area contributed by atoms with Gasteiger partial charge in [-0.25, -0.2) is 9.18 Å². The van der Waals surface area contributed by atoms with Crippen molar-refractivity contribution in [1.82, 2.24) is 10.2 Å². The van der Waals surface area contributed by atoms with Gasteiger partial charge >= 0.3 is 6.03 Å². The molecule has 2 aromatic rings. The van der Waals surface area contributed by atoms with Crippen LogP contribution in [0.1, 0.15) is 40.7 Å². The van der Waals surface area contributed by atoms with E-state index in [1.165, 1.54) is 19.2 Å². The maximum atomic E-state index is 13.6. The molecule has 1 N–H and O–H groups in total. The number of benzene rings is 2. The van der Waals surface area contributed by atoms with Gasteiger partial charge in [-0.1, -0.05) is 24.3 Å². The molecule has 1 unspecified atom stereocenters. The highest BCUT2D eigenvalue weighted by molar-refractivity contribution is 6.12. The Morgan fingerprint density at radius 2 is 2.00 bits per heavy atom. The van der Waals surface area contributed by atoms with E-state index in [1.807, 2.05) is 24.3 Å². The molecule has 1 heterocycles. The minimum Gasteiger partial charge on any atom is -0.496 e. The predicted molar refractivity (Wildman–Crippen MR) is 103 cm³/mol. The number of urea groups is 1. The van der Waals surface area contributed by atoms with Crippen molar-refractivity contribution in [3.05, 3.63) is 65.0 Å². The van der Waals surface area contributed by atoms with Crippen LogP contribution >= 0.6 is 0 Å². The van der Waals surface area contributed by atoms with Gasteiger partial charge in [0.15, 0.2) is 5.78 Å². The zero-order valence-corrected chi connectivity index (χ0v) is 16.0. The summed E-state index contributed by atoms with van der Waals surface area (Å²) in [6, 6.07) is 10.5. The molecule has 3 amide bonds. The third-order valence-corrected chi connectivity index (χ3v) is 5.66. The summed E-state index contributed by atoms with van der Waals surface area (Å²) in [5.74, 6) is -1.41. The minimum atomic E-state index is -1.16. The van der Waals surface area contributed by atoms with Gasteiger partial charge in [-0.3, -0.25) is 14.5 Å². The van der Waals surface area contributed by atoms with Crippen molar-refractivity contribution in [1.29, 1.82) is 0 Å². The van der Waals surface area contributed by atoms with Gasteiger partial charge in [-0.15, -0.1) is 0 Å². The lowest BCUT2D eigenvalue weighted by molar-refractivity contribution is -0.131. The fourth-order valence-corrected chi connectivity index (χ4v) is 4.24. The number of aryl methyl sites for hydroxylation is 1. The second kappa shape index (κ2) is 7.31. The summed E-state index contributed by atoms with van der Waals surface area (Å²) in [6.07, 6.45) is 3.00. The molecule has 0 saturated carbocycles. The number of nitrogens with one attached hydrogen (secondary N) is 1. The van der Waals surface area contributed by atoms with Gasteiger partial charge in [0.25, 0.3) is 5.91 Å². The molecule has 2 aromatic carbocycles. The summed E-state index contributed by atoms with van der Waals surface area (Å²) in [6.45, 7) is -0.478. The molecule has 1 spiro atoms. The van der Waals surface area contributed by atoms with Crippen molar-refractivity contribution in [2.45, 2.75) is 31.2 Å². The molecule has 1 fully saturated rings. The van der Waals surface area contributed by atoms with Crippen LogP contribution in [-0.4, -0.2) is 36.3 Å². The number of amides is 3. The SMILES string of the molecule is COc1ccc(F)cc1C(=O)CN1C(=O)NC2(CCCCc3ccccc32)C1=O. The molecule has 2 aliphatic rings. The lowest BCUT2D eigenvalue weighted by atomic mass is 9.84. The number of fused-ring (bicyclic) bond motifs is 2. The Morgan fingerprint density at radius 1 is 1.21 bits per heavy atom. The molecule has 1 atom stereocenters. The molecule has 0 bridgehead atoms. The average Bonchev–Trinajstić information content (AvgIpc) is 2.86. The third-order valence-electron chi connectivity index (χ3n) is 5.66. The van der Waals surface area contributed by atoms with Gasteiger partial charge in [0.05, 0.1) is 19.2 Å². The summed E-state index contributed by atoms with van der Waals surface area (Å²) in [5, 5.41) is 2.84. The van der Waals surface area contributed by atoms with E-state index >= 15 is 0 Å². The standard InChI is InChI=1S/C22H21FN2O4/c1-29-19-10-9-15(23)12-16(19)18(26)13-25-20(27)22(24-21(25)28)11-5-4-7-14-6-2-3-8-17(14)22/h2-3,6,8-10,12H,4-5,7,11,13H2,1H3,(H,24,28). The summed E-state index contributed by atoms with van der Waals surface area (Å²) in [4.78, 5) is 39.8. The molecule has 150 valence electrons. The number of carbonyl (C=O) groups is 3. The highest BCUT2D eigenvalue weighted by Gasteiger charge is 2.53. The van der Waals surface area contributed by atoms with Gasteiger partial charge in [-0.2, -0.15) is 0 Å². The number of carbonyl (C=O) groups excluding carboxylic acids is 3. The van der Waals surface area contributed by atoms with Crippen LogP contribution in [0.15, 0.2) is 42.5 Å². The Morgan fingerprint density at radius 3 is 2.79 bits per heavy atom. The molecular weight excluding hydrogens is 375 g/mol. The predicted octanol–water partition coefficient (Wildman–Crippen LogP) is 3.19. The number of methoxy groups -OCH3 is 1. The van der Waals surface area contributed by atoms with Gasteiger partial charge < -0.3 is 10.1 Å². The fourth-order valence-electron chi connectivity index (χ4n) is 4.24. The molecule has 0 aromatic heterocycles. The van der Waals surface area contributed by atoms with Crippen LogP contribution in [0.25, 0.3) is 0 Å². The topological polar surface area (TPSA) is 75.7 Å². The van der Waals surface area contributed by atoms with E-state index in [0.29, 0.717) is 6.42 Å². The van der Waals surface area contributed by atoms with Gasteiger partial charge in [-0.05, 0) is 55.0 Å². The molecule has 0 radical (unpaired) electrons. The Labute approximate surface area is 167 Å². The first kappa shape index (κ1) is 19.1. The van der Waals surface area contributed by atoms with Crippen molar-refractivity contribution in [2.24, 2.45) is 0 Å². The number of ether oxygens (including phenoxy) is 1. The first-order valence-corrected chi connectivity index (χ1v) is 9.55. The number of hydrogen-bond donors (Lipinski definition) is 1. The average molecular weight is 396 g/mol. The van der Waals surface area contributed by atoms with Crippen LogP contribution in [0.4, 0.5) is 9.18 Å². The minimum absolute atomic E-state index is 0.00434. The van der Waals surface area contributed by atoms with E-state index < -0.39 is 35.6 Å². The van der Waals surface area contributed by atoms with Gasteiger partial charge in [0, 0.05) is 0 Å². The fraction of sp³-hybridized carbons (Fsp3) is 0.318. The molecule has 4 rings (SSSR count). The third kappa shape index (κ3) is 3.16. The second-order valence-electron chi connectivity index (χ2n) is 7.36. The summed E-state index contributed by atoms with van der Waals surface area (Å²) >= 11 is 0. The quantitative estimate of drug-likeness (QED) is 0.636. The van der Waals surface area contributed by atoms with Crippen LogP contribution < -0.4 is 10.1 Å². The van der Waals surface area contributed by atoms with E-state index in [0.717, 1.165) is 41.4 Å². The number of hydrogen-bond acceptors (Lipinski definition) is 4. The van der Waals surface area contributed by atoms with Crippen molar-refractivity contribution in [2.75, 3.05) is 13.7 Å². The van der Waals surface area contributed by atoms with Crippen LogP contribution in [0.3, 0.4) is 0 Å². The monoisotopic (exact) mass is 396 g/mol. The highest BCUT2D eigenvalue weighted by Crippen LogP contribution is 2.39. The Balaban J connectivity index is 1.66. The second-order valence-corrected chi connectivity index (χ2v) is 7.36. The molecule has 1 aliphatic carbocycles. The van der Waals surface area contributed by atoms with E-state index in [9.17, 15) is 18.8 Å². The Hall–Kier alpha value is -3.22. The molecule has 29 heavy (non-hydrogen) atoms. The number of imide groups is 1. The van der Waals surface area contributed by atoms with E-state index in [4.69, 9.17) is 4.74 Å². The molecule has 1 saturated heterocycles. The maximum Gasteiger partial charge on any atom is 0.325 e. The molecule has 7 heteroatoms. The number of ketones is 1. The smallest absolute Gasteiger partial charge is 0.325 e. The van der Waals surface area contributed by atoms with Gasteiger partial charge in [0.1, 0.15) is 17.1 Å². The summed E-state index contributed by atoms with van der Waals surface area (Å²) < 4.78 is 18.8. The van der Waals surface area contributed by atoms with Crippen molar-refractivity contribution in [3.63, 3.8) is 0 Å².